The van der Waals surface area contributed by atoms with E-state index in [2.05, 4.69) is 67.0 Å². The molecule has 1 saturated heterocycles. The SMILES string of the molecule is CC(C)C(=O)NC(C)(C)C#Cc1cncc(C(O)(c2ccc(C(C)C)cc2)C2(C)CN(C)C2)c1. The van der Waals surface area contributed by atoms with Crippen LogP contribution >= 0.6 is 0 Å². The van der Waals surface area contributed by atoms with Crippen molar-refractivity contribution in [3.05, 3.63) is 65.0 Å². The van der Waals surface area contributed by atoms with Crippen LogP contribution in [0.2, 0.25) is 0 Å². The first-order chi connectivity index (χ1) is 15.8. The fourth-order valence-electron chi connectivity index (χ4n) is 4.76. The van der Waals surface area contributed by atoms with Crippen LogP contribution in [0.15, 0.2) is 42.7 Å². The lowest BCUT2D eigenvalue weighted by Crippen LogP contribution is -2.63. The fourth-order valence-corrected chi connectivity index (χ4v) is 4.76. The van der Waals surface area contributed by atoms with Gasteiger partial charge in [-0.25, -0.2) is 0 Å². The number of nitrogens with zero attached hydrogens (tertiary/aromatic N) is 2. The van der Waals surface area contributed by atoms with E-state index in [4.69, 9.17) is 0 Å². The normalized spacial score (nSPS) is 17.5. The molecule has 0 aliphatic carbocycles. The molecular weight excluding hydrogens is 422 g/mol. The van der Waals surface area contributed by atoms with Gasteiger partial charge in [0, 0.05) is 47.9 Å². The van der Waals surface area contributed by atoms with E-state index >= 15 is 0 Å². The summed E-state index contributed by atoms with van der Waals surface area (Å²) in [6.07, 6.45) is 3.45. The van der Waals surface area contributed by atoms with E-state index in [9.17, 15) is 9.90 Å². The zero-order valence-corrected chi connectivity index (χ0v) is 21.9. The molecule has 1 aliphatic heterocycles. The number of carbonyl (C=O) groups excluding carboxylic acids is 1. The van der Waals surface area contributed by atoms with E-state index in [0.29, 0.717) is 11.5 Å². The molecule has 2 N–H and O–H groups in total. The van der Waals surface area contributed by atoms with Crippen LogP contribution < -0.4 is 5.32 Å². The van der Waals surface area contributed by atoms with Crippen molar-refractivity contribution < 1.29 is 9.90 Å². The van der Waals surface area contributed by atoms with E-state index < -0.39 is 11.1 Å². The first-order valence-corrected chi connectivity index (χ1v) is 12.1. The highest BCUT2D eigenvalue weighted by Crippen LogP contribution is 2.50. The third kappa shape index (κ3) is 5.19. The smallest absolute Gasteiger partial charge is 0.223 e. The van der Waals surface area contributed by atoms with Crippen molar-refractivity contribution in [1.29, 1.82) is 0 Å². The molecule has 1 atom stereocenters. The first-order valence-electron chi connectivity index (χ1n) is 12.1. The largest absolute Gasteiger partial charge is 0.380 e. The summed E-state index contributed by atoms with van der Waals surface area (Å²) in [5.74, 6) is 6.61. The summed E-state index contributed by atoms with van der Waals surface area (Å²) < 4.78 is 0. The number of hydrogen-bond donors (Lipinski definition) is 2. The van der Waals surface area contributed by atoms with Gasteiger partial charge in [-0.1, -0.05) is 70.7 Å². The van der Waals surface area contributed by atoms with Gasteiger partial charge in [0.15, 0.2) is 0 Å². The van der Waals surface area contributed by atoms with E-state index in [1.807, 2.05) is 45.9 Å². The number of amides is 1. The van der Waals surface area contributed by atoms with E-state index in [-0.39, 0.29) is 17.2 Å². The van der Waals surface area contributed by atoms with Crippen molar-refractivity contribution in [1.82, 2.24) is 15.2 Å². The lowest BCUT2D eigenvalue weighted by molar-refractivity contribution is -0.127. The zero-order chi connectivity index (χ0) is 25.3. The predicted molar refractivity (Wildman–Crippen MR) is 137 cm³/mol. The molecule has 34 heavy (non-hydrogen) atoms. The van der Waals surface area contributed by atoms with E-state index in [0.717, 1.165) is 24.2 Å². The minimum atomic E-state index is -1.21. The number of aliphatic hydroxyl groups is 1. The second-order valence-electron chi connectivity index (χ2n) is 11.2. The molecule has 0 saturated carbocycles. The molecule has 3 rings (SSSR count). The molecule has 0 spiro atoms. The summed E-state index contributed by atoms with van der Waals surface area (Å²) in [6.45, 7) is 15.5. The van der Waals surface area contributed by atoms with Gasteiger partial charge in [-0.3, -0.25) is 9.78 Å². The summed E-state index contributed by atoms with van der Waals surface area (Å²) in [5, 5.41) is 15.3. The molecule has 0 bridgehead atoms. The Morgan fingerprint density at radius 1 is 1.12 bits per heavy atom. The van der Waals surface area contributed by atoms with Gasteiger partial charge in [0.05, 0.1) is 5.54 Å². The third-order valence-corrected chi connectivity index (χ3v) is 6.74. The third-order valence-electron chi connectivity index (χ3n) is 6.74. The van der Waals surface area contributed by atoms with Crippen molar-refractivity contribution in [2.45, 2.75) is 65.5 Å². The minimum absolute atomic E-state index is 0.0348. The Morgan fingerprint density at radius 3 is 2.26 bits per heavy atom. The molecule has 1 aromatic carbocycles. The van der Waals surface area contributed by atoms with Crippen LogP contribution in [-0.4, -0.2) is 46.6 Å². The minimum Gasteiger partial charge on any atom is -0.380 e. The van der Waals surface area contributed by atoms with Crippen molar-refractivity contribution >= 4 is 5.91 Å². The molecule has 1 fully saturated rings. The van der Waals surface area contributed by atoms with Crippen LogP contribution in [0, 0.1) is 23.2 Å². The average Bonchev–Trinajstić information content (AvgIpc) is 2.76. The predicted octanol–water partition coefficient (Wildman–Crippen LogP) is 4.29. The summed E-state index contributed by atoms with van der Waals surface area (Å²) in [4.78, 5) is 18.8. The van der Waals surface area contributed by atoms with Crippen molar-refractivity contribution in [2.24, 2.45) is 11.3 Å². The monoisotopic (exact) mass is 461 g/mol. The van der Waals surface area contributed by atoms with Gasteiger partial charge < -0.3 is 15.3 Å². The number of aromatic nitrogens is 1. The Balaban J connectivity index is 2.01. The van der Waals surface area contributed by atoms with Gasteiger partial charge in [0.1, 0.15) is 5.60 Å². The molecule has 5 heteroatoms. The molecule has 2 aromatic rings. The van der Waals surface area contributed by atoms with Crippen LogP contribution in [0.5, 0.6) is 0 Å². The number of carbonyl (C=O) groups is 1. The van der Waals surface area contributed by atoms with Crippen LogP contribution in [0.1, 0.15) is 76.6 Å². The molecule has 1 unspecified atom stereocenters. The van der Waals surface area contributed by atoms with Crippen molar-refractivity contribution in [2.75, 3.05) is 20.1 Å². The Kier molecular flexibility index (Phi) is 7.26. The highest BCUT2D eigenvalue weighted by atomic mass is 16.3. The summed E-state index contributed by atoms with van der Waals surface area (Å²) in [5.41, 5.74) is 1.30. The fraction of sp³-hybridized carbons (Fsp3) is 0.517. The van der Waals surface area contributed by atoms with Crippen molar-refractivity contribution in [3.63, 3.8) is 0 Å². The highest BCUT2D eigenvalue weighted by molar-refractivity contribution is 5.79. The van der Waals surface area contributed by atoms with E-state index in [1.165, 1.54) is 5.56 Å². The van der Waals surface area contributed by atoms with Crippen LogP contribution in [-0.2, 0) is 10.4 Å². The number of hydrogen-bond acceptors (Lipinski definition) is 4. The summed E-state index contributed by atoms with van der Waals surface area (Å²) >= 11 is 0. The van der Waals surface area contributed by atoms with Crippen LogP contribution in [0.3, 0.4) is 0 Å². The standard InChI is InChI=1S/C29H39N3O2/c1-20(2)23-9-11-24(12-10-23)29(34,28(7)18-32(8)19-28)25-15-22(16-30-17-25)13-14-27(5,6)31-26(33)21(3)4/h9-12,15-17,20-21,34H,18-19H2,1-8H3,(H,31,33). The maximum atomic E-state index is 12.3. The molecular formula is C29H39N3O2. The van der Waals surface area contributed by atoms with Gasteiger partial charge in [-0.15, -0.1) is 0 Å². The highest BCUT2D eigenvalue weighted by Gasteiger charge is 2.55. The number of rotatable bonds is 6. The van der Waals surface area contributed by atoms with Gasteiger partial charge in [-0.2, -0.15) is 0 Å². The topological polar surface area (TPSA) is 65.5 Å². The molecule has 1 amide bonds. The lowest BCUT2D eigenvalue weighted by atomic mass is 9.62. The number of likely N-dealkylation sites (tertiary alicyclic amines) is 1. The van der Waals surface area contributed by atoms with E-state index in [1.54, 1.807) is 12.4 Å². The molecule has 1 aliphatic rings. The van der Waals surface area contributed by atoms with Crippen LogP contribution in [0.25, 0.3) is 0 Å². The summed E-state index contributed by atoms with van der Waals surface area (Å²) in [6, 6.07) is 10.2. The molecule has 182 valence electrons. The molecule has 2 heterocycles. The van der Waals surface area contributed by atoms with Gasteiger partial charge in [0.25, 0.3) is 0 Å². The number of nitrogens with one attached hydrogen (secondary N) is 1. The van der Waals surface area contributed by atoms with Gasteiger partial charge in [0.2, 0.25) is 5.91 Å². The zero-order valence-electron chi connectivity index (χ0n) is 21.9. The molecule has 5 nitrogen and oxygen atoms in total. The Morgan fingerprint density at radius 2 is 1.74 bits per heavy atom. The molecule has 1 aromatic heterocycles. The van der Waals surface area contributed by atoms with Crippen molar-refractivity contribution in [3.8, 4) is 11.8 Å². The molecule has 0 radical (unpaired) electrons. The first kappa shape index (κ1) is 25.9. The lowest BCUT2D eigenvalue weighted by Gasteiger charge is -2.55. The average molecular weight is 462 g/mol. The second kappa shape index (κ2) is 9.52. The van der Waals surface area contributed by atoms with Crippen LogP contribution in [0.4, 0.5) is 0 Å². The van der Waals surface area contributed by atoms with Gasteiger partial charge >= 0.3 is 0 Å². The Hall–Kier alpha value is -2.68. The van der Waals surface area contributed by atoms with Gasteiger partial charge in [-0.05, 0) is 44.0 Å². The maximum absolute atomic E-state index is 12.3. The second-order valence-corrected chi connectivity index (χ2v) is 11.2. The Bertz CT molecular complexity index is 1090. The summed E-state index contributed by atoms with van der Waals surface area (Å²) in [7, 11) is 2.07. The maximum Gasteiger partial charge on any atom is 0.223 e. The number of benzene rings is 1. The Labute approximate surface area is 205 Å². The quantitative estimate of drug-likeness (QED) is 0.630. The number of pyridine rings is 1.